The van der Waals surface area contributed by atoms with Gasteiger partial charge in [0.15, 0.2) is 11.5 Å². The van der Waals surface area contributed by atoms with E-state index < -0.39 is 16.7 Å². The summed E-state index contributed by atoms with van der Waals surface area (Å²) in [4.78, 5) is 34.7. The maximum absolute atomic E-state index is 12.4. The molecule has 9 heteroatoms. The van der Waals surface area contributed by atoms with E-state index in [2.05, 4.69) is 10.9 Å². The lowest BCUT2D eigenvalue weighted by Crippen LogP contribution is -2.41. The molecule has 0 saturated heterocycles. The van der Waals surface area contributed by atoms with E-state index in [0.29, 0.717) is 30.6 Å². The molecular weight excluding hydrogens is 378 g/mol. The Morgan fingerprint density at radius 2 is 1.66 bits per heavy atom. The number of nitro groups is 1. The number of carbonyl (C=O) groups excluding carboxylic acids is 2. The van der Waals surface area contributed by atoms with Crippen LogP contribution in [0.25, 0.3) is 0 Å². The molecule has 0 aliphatic heterocycles. The number of nitro benzene ring substituents is 1. The Morgan fingerprint density at radius 1 is 1.00 bits per heavy atom. The van der Waals surface area contributed by atoms with Gasteiger partial charge in [-0.3, -0.25) is 30.6 Å². The Balaban J connectivity index is 2.06. The molecule has 2 aromatic carbocycles. The van der Waals surface area contributed by atoms with Crippen LogP contribution in [0.5, 0.6) is 11.5 Å². The molecule has 0 atom stereocenters. The molecule has 9 nitrogen and oxygen atoms in total. The third-order valence-electron chi connectivity index (χ3n) is 3.69. The van der Waals surface area contributed by atoms with Gasteiger partial charge in [-0.2, -0.15) is 0 Å². The van der Waals surface area contributed by atoms with Crippen molar-refractivity contribution >= 4 is 17.5 Å². The molecule has 0 aliphatic carbocycles. The number of nitrogens with zero attached hydrogens (tertiary/aromatic N) is 1. The highest BCUT2D eigenvalue weighted by molar-refractivity contribution is 5.99. The van der Waals surface area contributed by atoms with Crippen LogP contribution in [-0.4, -0.2) is 30.0 Å². The van der Waals surface area contributed by atoms with Crippen LogP contribution in [0.1, 0.15) is 41.5 Å². The third-order valence-corrected chi connectivity index (χ3v) is 3.69. The summed E-state index contributed by atoms with van der Waals surface area (Å²) in [6, 6.07) is 9.89. The molecular formula is C20H23N3O6. The van der Waals surface area contributed by atoms with Crippen LogP contribution < -0.4 is 20.3 Å². The number of non-ortho nitro benzene ring substituents is 1. The molecule has 0 unspecified atom stereocenters. The summed E-state index contributed by atoms with van der Waals surface area (Å²) in [6.45, 7) is 6.76. The van der Waals surface area contributed by atoms with Crippen LogP contribution in [0.4, 0.5) is 5.69 Å². The second kappa shape index (κ2) is 10.1. The van der Waals surface area contributed by atoms with Gasteiger partial charge in [0.1, 0.15) is 0 Å². The van der Waals surface area contributed by atoms with Gasteiger partial charge in [0.25, 0.3) is 17.5 Å². The average molecular weight is 401 g/mol. The maximum Gasteiger partial charge on any atom is 0.270 e. The third kappa shape index (κ3) is 6.20. The van der Waals surface area contributed by atoms with Crippen molar-refractivity contribution in [3.8, 4) is 11.5 Å². The van der Waals surface area contributed by atoms with Gasteiger partial charge in [-0.05, 0) is 37.1 Å². The van der Waals surface area contributed by atoms with Gasteiger partial charge >= 0.3 is 0 Å². The predicted octanol–water partition coefficient (Wildman–Crippen LogP) is 3.10. The van der Waals surface area contributed by atoms with E-state index in [0.717, 1.165) is 6.07 Å². The molecule has 0 aromatic heterocycles. The summed E-state index contributed by atoms with van der Waals surface area (Å²) in [5, 5.41) is 10.8. The van der Waals surface area contributed by atoms with Gasteiger partial charge < -0.3 is 9.47 Å². The van der Waals surface area contributed by atoms with Crippen molar-refractivity contribution in [2.24, 2.45) is 5.92 Å². The standard InChI is InChI=1S/C20H23N3O6/c1-4-28-18-11-15(8-9-17(18)29-12-13(2)3)20(25)22-21-19(24)14-6-5-7-16(10-14)23(26)27/h5-11,13H,4,12H2,1-3H3,(H,21,24)(H,22,25). The van der Waals surface area contributed by atoms with E-state index in [4.69, 9.17) is 9.47 Å². The lowest BCUT2D eigenvalue weighted by Gasteiger charge is -2.14. The molecule has 0 radical (unpaired) electrons. The van der Waals surface area contributed by atoms with E-state index in [9.17, 15) is 19.7 Å². The quantitative estimate of drug-likeness (QED) is 0.518. The summed E-state index contributed by atoms with van der Waals surface area (Å²) < 4.78 is 11.2. The molecule has 2 N–H and O–H groups in total. The lowest BCUT2D eigenvalue weighted by molar-refractivity contribution is -0.384. The Hall–Kier alpha value is -3.62. The van der Waals surface area contributed by atoms with Crippen LogP contribution in [0.15, 0.2) is 42.5 Å². The van der Waals surface area contributed by atoms with Crippen molar-refractivity contribution in [3.63, 3.8) is 0 Å². The predicted molar refractivity (Wildman–Crippen MR) is 106 cm³/mol. The fourth-order valence-electron chi connectivity index (χ4n) is 2.31. The normalized spacial score (nSPS) is 10.3. The number of benzene rings is 2. The second-order valence-electron chi connectivity index (χ2n) is 6.52. The Bertz CT molecular complexity index is 898. The highest BCUT2D eigenvalue weighted by Gasteiger charge is 2.15. The van der Waals surface area contributed by atoms with E-state index >= 15 is 0 Å². The van der Waals surface area contributed by atoms with E-state index in [1.54, 1.807) is 12.1 Å². The van der Waals surface area contributed by atoms with Crippen molar-refractivity contribution in [3.05, 3.63) is 63.7 Å². The van der Waals surface area contributed by atoms with Crippen molar-refractivity contribution in [2.45, 2.75) is 20.8 Å². The zero-order valence-electron chi connectivity index (χ0n) is 16.4. The van der Waals surface area contributed by atoms with Gasteiger partial charge in [-0.1, -0.05) is 19.9 Å². The summed E-state index contributed by atoms with van der Waals surface area (Å²) >= 11 is 0. The first-order valence-corrected chi connectivity index (χ1v) is 9.06. The number of hydrogen-bond acceptors (Lipinski definition) is 6. The first-order chi connectivity index (χ1) is 13.8. The zero-order valence-corrected chi connectivity index (χ0v) is 16.4. The second-order valence-corrected chi connectivity index (χ2v) is 6.52. The minimum Gasteiger partial charge on any atom is -0.490 e. The fourth-order valence-corrected chi connectivity index (χ4v) is 2.31. The van der Waals surface area contributed by atoms with Crippen LogP contribution >= 0.6 is 0 Å². The Morgan fingerprint density at radius 3 is 2.24 bits per heavy atom. The van der Waals surface area contributed by atoms with Crippen LogP contribution in [-0.2, 0) is 0 Å². The van der Waals surface area contributed by atoms with Crippen molar-refractivity contribution in [1.29, 1.82) is 0 Å². The van der Waals surface area contributed by atoms with Crippen LogP contribution in [0, 0.1) is 16.0 Å². The molecule has 0 fully saturated rings. The van der Waals surface area contributed by atoms with Crippen molar-refractivity contribution in [2.75, 3.05) is 13.2 Å². The molecule has 0 saturated carbocycles. The number of nitrogens with one attached hydrogen (secondary N) is 2. The highest BCUT2D eigenvalue weighted by atomic mass is 16.6. The summed E-state index contributed by atoms with van der Waals surface area (Å²) in [7, 11) is 0. The highest BCUT2D eigenvalue weighted by Crippen LogP contribution is 2.29. The van der Waals surface area contributed by atoms with Crippen molar-refractivity contribution in [1.82, 2.24) is 10.9 Å². The summed E-state index contributed by atoms with van der Waals surface area (Å²) in [5.74, 6) is 0.0316. The van der Waals surface area contributed by atoms with Crippen molar-refractivity contribution < 1.29 is 24.0 Å². The Kier molecular flexibility index (Phi) is 7.53. The topological polar surface area (TPSA) is 120 Å². The SMILES string of the molecule is CCOc1cc(C(=O)NNC(=O)c2cccc([N+](=O)[O-])c2)ccc1OCC(C)C. The van der Waals surface area contributed by atoms with Gasteiger partial charge in [0, 0.05) is 23.3 Å². The molecule has 2 amide bonds. The van der Waals surface area contributed by atoms with Gasteiger partial charge in [-0.15, -0.1) is 0 Å². The van der Waals surface area contributed by atoms with E-state index in [1.807, 2.05) is 20.8 Å². The maximum atomic E-state index is 12.4. The molecule has 0 heterocycles. The van der Waals surface area contributed by atoms with Gasteiger partial charge in [0.05, 0.1) is 18.1 Å². The summed E-state index contributed by atoms with van der Waals surface area (Å²) in [5.41, 5.74) is 4.60. The van der Waals surface area contributed by atoms with Gasteiger partial charge in [-0.25, -0.2) is 0 Å². The monoisotopic (exact) mass is 401 g/mol. The number of amides is 2. The minimum absolute atomic E-state index is 0.0481. The first-order valence-electron chi connectivity index (χ1n) is 9.06. The number of carbonyl (C=O) groups is 2. The molecule has 2 aromatic rings. The largest absolute Gasteiger partial charge is 0.490 e. The molecule has 154 valence electrons. The smallest absolute Gasteiger partial charge is 0.270 e. The first kappa shape index (κ1) is 21.7. The minimum atomic E-state index is -0.677. The fraction of sp³-hybridized carbons (Fsp3) is 0.300. The zero-order chi connectivity index (χ0) is 21.4. The molecule has 0 aliphatic rings. The van der Waals surface area contributed by atoms with Crippen LogP contribution in [0.2, 0.25) is 0 Å². The van der Waals surface area contributed by atoms with Gasteiger partial charge in [0.2, 0.25) is 0 Å². The molecule has 29 heavy (non-hydrogen) atoms. The average Bonchev–Trinajstić information content (AvgIpc) is 2.70. The summed E-state index contributed by atoms with van der Waals surface area (Å²) in [6.07, 6.45) is 0. The van der Waals surface area contributed by atoms with Crippen LogP contribution in [0.3, 0.4) is 0 Å². The number of rotatable bonds is 8. The number of ether oxygens (including phenoxy) is 2. The molecule has 2 rings (SSSR count). The molecule has 0 spiro atoms. The molecule has 0 bridgehead atoms. The number of hydrogen-bond donors (Lipinski definition) is 2. The lowest BCUT2D eigenvalue weighted by atomic mass is 10.2. The van der Waals surface area contributed by atoms with E-state index in [-0.39, 0.29) is 16.8 Å². The number of hydrazine groups is 1. The van der Waals surface area contributed by atoms with E-state index in [1.165, 1.54) is 24.3 Å². The Labute approximate surface area is 168 Å².